The minimum atomic E-state index is -0.155. The van der Waals surface area contributed by atoms with Gasteiger partial charge in [-0.05, 0) is 82.4 Å². The zero-order chi connectivity index (χ0) is 31.4. The lowest BCUT2D eigenvalue weighted by molar-refractivity contribution is 0.125. The molecular weight excluding hydrogens is 516 g/mol. The number of rotatable bonds is 4. The number of phenols is 2. The molecule has 42 heavy (non-hydrogen) atoms. The molecule has 3 aliphatic rings. The minimum Gasteiger partial charge on any atom is -0.507 e. The molecule has 4 atom stereocenters. The highest BCUT2D eigenvalue weighted by Crippen LogP contribution is 2.45. The van der Waals surface area contributed by atoms with E-state index in [-0.39, 0.29) is 33.7 Å². The first-order valence-electron chi connectivity index (χ1n) is 16.0. The van der Waals surface area contributed by atoms with Crippen molar-refractivity contribution in [3.63, 3.8) is 0 Å². The standard InChI is InChI=1S/C38H56N2O2/c1-35(2,3)27-15-25(33(41)29(19-27)37(7,8)9)21-39-31-17-24-14-13-23(31)18-32(24)40-22-26-16-28(36(4,5)6)20-30(34(26)42)38(10,11)12/h15-16,19-24,31-32,41-42H,13-14,17-18H2,1-12H3/t23-,24-,31-,32-/m0/s1. The Kier molecular flexibility index (Phi) is 8.57. The first-order chi connectivity index (χ1) is 19.2. The van der Waals surface area contributed by atoms with Gasteiger partial charge in [0.25, 0.3) is 0 Å². The molecule has 0 spiro atoms. The summed E-state index contributed by atoms with van der Waals surface area (Å²) in [7, 11) is 0. The lowest BCUT2D eigenvalue weighted by atomic mass is 9.65. The zero-order valence-electron chi connectivity index (χ0n) is 28.4. The van der Waals surface area contributed by atoms with E-state index in [4.69, 9.17) is 9.98 Å². The van der Waals surface area contributed by atoms with Gasteiger partial charge in [0.2, 0.25) is 0 Å². The molecule has 0 amide bonds. The van der Waals surface area contributed by atoms with Crippen molar-refractivity contribution in [2.45, 2.75) is 143 Å². The molecule has 2 aromatic carbocycles. The zero-order valence-corrected chi connectivity index (χ0v) is 28.4. The van der Waals surface area contributed by atoms with Crippen LogP contribution in [0.25, 0.3) is 0 Å². The van der Waals surface area contributed by atoms with Gasteiger partial charge in [-0.25, -0.2) is 0 Å². The second-order valence-corrected chi connectivity index (χ2v) is 17.2. The van der Waals surface area contributed by atoms with Crippen molar-refractivity contribution in [1.29, 1.82) is 0 Å². The summed E-state index contributed by atoms with van der Waals surface area (Å²) in [5.74, 6) is 1.69. The highest BCUT2D eigenvalue weighted by molar-refractivity contribution is 5.86. The van der Waals surface area contributed by atoms with Crippen LogP contribution in [0.4, 0.5) is 0 Å². The summed E-state index contributed by atoms with van der Waals surface area (Å²) in [6, 6.07) is 9.08. The van der Waals surface area contributed by atoms with E-state index in [0.29, 0.717) is 23.3 Å². The number of hydrogen-bond donors (Lipinski definition) is 2. The molecule has 3 saturated carbocycles. The maximum atomic E-state index is 11.2. The van der Waals surface area contributed by atoms with Gasteiger partial charge in [0, 0.05) is 34.7 Å². The molecule has 0 aromatic heterocycles. The summed E-state index contributed by atoms with van der Waals surface area (Å²) in [4.78, 5) is 10.2. The molecule has 3 fully saturated rings. The van der Waals surface area contributed by atoms with Crippen molar-refractivity contribution in [3.05, 3.63) is 57.6 Å². The smallest absolute Gasteiger partial charge is 0.128 e. The van der Waals surface area contributed by atoms with Crippen molar-refractivity contribution in [2.24, 2.45) is 21.8 Å². The summed E-state index contributed by atoms with van der Waals surface area (Å²) < 4.78 is 0. The topological polar surface area (TPSA) is 65.2 Å². The van der Waals surface area contributed by atoms with Crippen LogP contribution in [0.2, 0.25) is 0 Å². The third kappa shape index (κ3) is 6.95. The van der Waals surface area contributed by atoms with E-state index in [1.54, 1.807) is 0 Å². The van der Waals surface area contributed by atoms with Gasteiger partial charge < -0.3 is 10.2 Å². The van der Waals surface area contributed by atoms with Crippen LogP contribution in [0.1, 0.15) is 142 Å². The Morgan fingerprint density at radius 1 is 0.548 bits per heavy atom. The van der Waals surface area contributed by atoms with Crippen molar-refractivity contribution in [2.75, 3.05) is 0 Å². The van der Waals surface area contributed by atoms with Gasteiger partial charge in [0.05, 0.1) is 12.1 Å². The number of aliphatic imine (C=N–C) groups is 2. The quantitative estimate of drug-likeness (QED) is 0.358. The molecule has 4 nitrogen and oxygen atoms in total. The normalized spacial score (nSPS) is 23.8. The predicted molar refractivity (Wildman–Crippen MR) is 179 cm³/mol. The minimum absolute atomic E-state index is 0.0140. The summed E-state index contributed by atoms with van der Waals surface area (Å²) >= 11 is 0. The van der Waals surface area contributed by atoms with Gasteiger partial charge in [-0.1, -0.05) is 95.2 Å². The van der Waals surface area contributed by atoms with Crippen LogP contribution in [-0.4, -0.2) is 34.7 Å². The van der Waals surface area contributed by atoms with E-state index in [1.165, 1.54) is 24.0 Å². The lowest BCUT2D eigenvalue weighted by Gasteiger charge is -2.44. The Labute approximate surface area is 255 Å². The van der Waals surface area contributed by atoms with Gasteiger partial charge in [0.1, 0.15) is 11.5 Å². The Hall–Kier alpha value is -2.62. The third-order valence-electron chi connectivity index (χ3n) is 9.52. The molecule has 5 rings (SSSR count). The maximum Gasteiger partial charge on any atom is 0.128 e. The van der Waals surface area contributed by atoms with E-state index in [1.807, 2.05) is 12.4 Å². The third-order valence-corrected chi connectivity index (χ3v) is 9.52. The summed E-state index contributed by atoms with van der Waals surface area (Å²) in [6.07, 6.45) is 8.28. The molecule has 0 aliphatic heterocycles. The summed E-state index contributed by atoms with van der Waals surface area (Å²) in [5, 5.41) is 22.5. The molecule has 3 aliphatic carbocycles. The van der Waals surface area contributed by atoms with Gasteiger partial charge >= 0.3 is 0 Å². The van der Waals surface area contributed by atoms with E-state index in [9.17, 15) is 10.2 Å². The molecule has 0 heterocycles. The lowest BCUT2D eigenvalue weighted by Crippen LogP contribution is -2.42. The van der Waals surface area contributed by atoms with Crippen LogP contribution in [0, 0.1) is 11.8 Å². The molecule has 0 unspecified atom stereocenters. The van der Waals surface area contributed by atoms with Gasteiger partial charge in [0.15, 0.2) is 0 Å². The van der Waals surface area contributed by atoms with E-state index >= 15 is 0 Å². The molecule has 2 bridgehead atoms. The number of fused-ring (bicyclic) bond motifs is 3. The average molecular weight is 573 g/mol. The van der Waals surface area contributed by atoms with Gasteiger partial charge in [-0.3, -0.25) is 9.98 Å². The summed E-state index contributed by atoms with van der Waals surface area (Å²) in [6.45, 7) is 26.2. The van der Waals surface area contributed by atoms with Crippen LogP contribution < -0.4 is 0 Å². The Morgan fingerprint density at radius 2 is 0.881 bits per heavy atom. The molecular formula is C38H56N2O2. The molecule has 0 saturated heterocycles. The van der Waals surface area contributed by atoms with Crippen molar-refractivity contribution >= 4 is 12.4 Å². The first-order valence-corrected chi connectivity index (χ1v) is 16.0. The SMILES string of the molecule is CC(C)(C)c1cc(C=N[C@H]2C[C@@H]3CC[C@H]2C[C@@H]3N=Cc2cc(C(C)(C)C)cc(C(C)(C)C)c2O)c(O)c(C(C)(C)C)c1. The number of benzene rings is 2. The van der Waals surface area contributed by atoms with Crippen molar-refractivity contribution < 1.29 is 10.2 Å². The fourth-order valence-corrected chi connectivity index (χ4v) is 6.61. The first kappa shape index (κ1) is 32.3. The molecule has 0 radical (unpaired) electrons. The Bertz CT molecular complexity index is 1250. The molecule has 230 valence electrons. The number of phenolic OH excluding ortho intramolecular Hbond substituents is 2. The second-order valence-electron chi connectivity index (χ2n) is 17.2. The van der Waals surface area contributed by atoms with Gasteiger partial charge in [-0.15, -0.1) is 0 Å². The molecule has 4 heteroatoms. The van der Waals surface area contributed by atoms with Crippen LogP contribution in [0.3, 0.4) is 0 Å². The summed E-state index contributed by atoms with van der Waals surface area (Å²) in [5.41, 5.74) is 5.71. The van der Waals surface area contributed by atoms with Crippen LogP contribution in [0.15, 0.2) is 34.3 Å². The highest BCUT2D eigenvalue weighted by atomic mass is 16.3. The molecule has 2 N–H and O–H groups in total. The number of aromatic hydroxyl groups is 2. The largest absolute Gasteiger partial charge is 0.507 e. The maximum absolute atomic E-state index is 11.2. The Balaban J connectivity index is 1.57. The average Bonchev–Trinajstić information content (AvgIpc) is 2.85. The van der Waals surface area contributed by atoms with E-state index < -0.39 is 0 Å². The van der Waals surface area contributed by atoms with Crippen molar-refractivity contribution in [3.8, 4) is 11.5 Å². The second kappa shape index (κ2) is 11.1. The fraction of sp³-hybridized carbons (Fsp3) is 0.632. The predicted octanol–water partition coefficient (Wildman–Crippen LogP) is 9.38. The van der Waals surface area contributed by atoms with E-state index in [0.717, 1.165) is 35.1 Å². The fourth-order valence-electron chi connectivity index (χ4n) is 6.61. The highest BCUT2D eigenvalue weighted by Gasteiger charge is 2.41. The van der Waals surface area contributed by atoms with Crippen LogP contribution >= 0.6 is 0 Å². The molecule has 2 aromatic rings. The van der Waals surface area contributed by atoms with Gasteiger partial charge in [-0.2, -0.15) is 0 Å². The van der Waals surface area contributed by atoms with Crippen LogP contribution in [-0.2, 0) is 21.7 Å². The Morgan fingerprint density at radius 3 is 1.14 bits per heavy atom. The monoisotopic (exact) mass is 572 g/mol. The number of nitrogens with zero attached hydrogens (tertiary/aromatic N) is 2. The number of hydrogen-bond acceptors (Lipinski definition) is 4. The van der Waals surface area contributed by atoms with E-state index in [2.05, 4.69) is 107 Å². The van der Waals surface area contributed by atoms with Crippen molar-refractivity contribution in [1.82, 2.24) is 0 Å². The van der Waals surface area contributed by atoms with Crippen LogP contribution in [0.5, 0.6) is 11.5 Å².